The molecule has 0 saturated heterocycles. The first-order valence-corrected chi connectivity index (χ1v) is 8.06. The normalized spacial score (nSPS) is 5.65. The minimum absolute atomic E-state index is 0. The van der Waals surface area contributed by atoms with Crippen molar-refractivity contribution in [2.45, 2.75) is 68.2 Å². The molecule has 0 unspecified atom stereocenters. The van der Waals surface area contributed by atoms with Gasteiger partial charge in [0.05, 0.1) is 0 Å². The number of carbonyl (C=O) groups excluding carboxylic acids is 6. The summed E-state index contributed by atoms with van der Waals surface area (Å²) in [7, 11) is 0. The zero-order chi connectivity index (χ0) is 28.3. The first-order chi connectivity index (χ1) is 14.3. The molecule has 8 N–H and O–H groups in total. The van der Waals surface area contributed by atoms with Crippen molar-refractivity contribution in [1.29, 1.82) is 0 Å². The molecule has 16 nitrogen and oxygen atoms in total. The Hall–Kier alpha value is -4.10. The number of carboxylic acid groups (broad SMARTS) is 4. The molecular formula is C18H36O16. The SMILES string of the molecule is CC(=O)O.CC(=O)O.CC(=O)O.CC(C)=O.CCC(=O)O.CCC(C)=O.O.O.O=C=O.O=C=O. The van der Waals surface area contributed by atoms with Gasteiger partial charge < -0.3 is 41.0 Å². The topological polar surface area (TPSA) is 315 Å². The predicted octanol–water partition coefficient (Wildman–Crippen LogP) is -0.482. The number of ketones is 2. The van der Waals surface area contributed by atoms with Gasteiger partial charge in [0.25, 0.3) is 17.9 Å². The largest absolute Gasteiger partial charge is 0.481 e. The number of rotatable bonds is 2. The lowest BCUT2D eigenvalue weighted by Gasteiger charge is -1.71. The molecule has 0 spiro atoms. The summed E-state index contributed by atoms with van der Waals surface area (Å²) >= 11 is 0. The highest BCUT2D eigenvalue weighted by molar-refractivity contribution is 5.74. The molecule has 0 aromatic heterocycles. The highest BCUT2D eigenvalue weighted by Crippen LogP contribution is 1.71. The van der Waals surface area contributed by atoms with E-state index in [4.69, 9.17) is 54.0 Å². The first kappa shape index (κ1) is 63.1. The van der Waals surface area contributed by atoms with E-state index in [0.717, 1.165) is 20.8 Å². The second kappa shape index (κ2) is 70.2. The van der Waals surface area contributed by atoms with Gasteiger partial charge in [-0.1, -0.05) is 13.8 Å². The van der Waals surface area contributed by atoms with Crippen molar-refractivity contribution in [3.05, 3.63) is 0 Å². The summed E-state index contributed by atoms with van der Waals surface area (Å²) < 4.78 is 0. The quantitative estimate of drug-likeness (QED) is 0.366. The van der Waals surface area contributed by atoms with Crippen molar-refractivity contribution in [3.8, 4) is 0 Å². The summed E-state index contributed by atoms with van der Waals surface area (Å²) in [5.74, 6) is -2.82. The molecule has 0 amide bonds. The Bertz CT molecular complexity index is 464. The molecule has 204 valence electrons. The van der Waals surface area contributed by atoms with Gasteiger partial charge in [0.15, 0.2) is 0 Å². The maximum Gasteiger partial charge on any atom is 0.373 e. The van der Waals surface area contributed by atoms with Crippen LogP contribution in [0.15, 0.2) is 0 Å². The molecule has 16 heteroatoms. The van der Waals surface area contributed by atoms with Crippen LogP contribution >= 0.6 is 0 Å². The van der Waals surface area contributed by atoms with Crippen molar-refractivity contribution in [2.24, 2.45) is 0 Å². The molecule has 0 saturated carbocycles. The molecule has 0 rings (SSSR count). The van der Waals surface area contributed by atoms with Gasteiger partial charge in [-0.25, -0.2) is 0 Å². The Morgan fingerprint density at radius 3 is 0.588 bits per heavy atom. The van der Waals surface area contributed by atoms with Gasteiger partial charge in [-0.3, -0.25) is 19.2 Å². The van der Waals surface area contributed by atoms with Crippen molar-refractivity contribution in [3.63, 3.8) is 0 Å². The fourth-order valence-corrected chi connectivity index (χ4v) is 0. The number of Topliss-reactive ketones (excluding diaryl/α,β-unsaturated/α-hetero) is 2. The van der Waals surface area contributed by atoms with E-state index in [1.54, 1.807) is 13.8 Å². The van der Waals surface area contributed by atoms with Crippen LogP contribution in [-0.4, -0.2) is 79.1 Å². The van der Waals surface area contributed by atoms with Crippen LogP contribution in [0.1, 0.15) is 68.2 Å². The zero-order valence-corrected chi connectivity index (χ0v) is 20.3. The average molecular weight is 508 g/mol. The lowest BCUT2D eigenvalue weighted by atomic mass is 10.4. The van der Waals surface area contributed by atoms with E-state index in [2.05, 4.69) is 0 Å². The second-order valence-corrected chi connectivity index (χ2v) is 4.43. The molecular weight excluding hydrogens is 472 g/mol. The fraction of sp³-hybridized carbons (Fsp3) is 0.556. The molecule has 0 aliphatic heterocycles. The molecule has 0 aromatic rings. The number of hydrogen-bond acceptors (Lipinski definition) is 10. The summed E-state index contributed by atoms with van der Waals surface area (Å²) in [6.45, 7) is 11.3. The van der Waals surface area contributed by atoms with E-state index in [9.17, 15) is 14.4 Å². The van der Waals surface area contributed by atoms with E-state index in [1.807, 2.05) is 6.92 Å². The first-order valence-electron chi connectivity index (χ1n) is 8.06. The maximum absolute atomic E-state index is 9.81. The molecule has 0 aliphatic rings. The highest BCUT2D eigenvalue weighted by Gasteiger charge is 1.80. The Morgan fingerprint density at radius 2 is 0.588 bits per heavy atom. The molecule has 0 fully saturated rings. The van der Waals surface area contributed by atoms with Gasteiger partial charge in [-0.05, 0) is 20.8 Å². The van der Waals surface area contributed by atoms with E-state index in [0.29, 0.717) is 6.42 Å². The Morgan fingerprint density at radius 1 is 0.529 bits per heavy atom. The van der Waals surface area contributed by atoms with Crippen LogP contribution in [0.3, 0.4) is 0 Å². The van der Waals surface area contributed by atoms with Crippen LogP contribution in [0, 0.1) is 0 Å². The Labute approximate surface area is 196 Å². The number of hydrogen-bond donors (Lipinski definition) is 4. The minimum atomic E-state index is -0.833. The van der Waals surface area contributed by atoms with Crippen molar-refractivity contribution >= 4 is 47.7 Å². The molecule has 0 radical (unpaired) electrons. The minimum Gasteiger partial charge on any atom is -0.481 e. The van der Waals surface area contributed by atoms with Gasteiger partial charge in [-0.2, -0.15) is 19.2 Å². The van der Waals surface area contributed by atoms with Crippen LogP contribution in [0.5, 0.6) is 0 Å². The molecule has 0 atom stereocenters. The van der Waals surface area contributed by atoms with Crippen LogP contribution < -0.4 is 0 Å². The smallest absolute Gasteiger partial charge is 0.373 e. The summed E-state index contributed by atoms with van der Waals surface area (Å²) in [5, 5.41) is 30.0. The third kappa shape index (κ3) is 2020000. The van der Waals surface area contributed by atoms with E-state index in [-0.39, 0.29) is 41.2 Å². The van der Waals surface area contributed by atoms with Crippen molar-refractivity contribution in [2.75, 3.05) is 0 Å². The summed E-state index contributed by atoms with van der Waals surface area (Å²) in [6, 6.07) is 0. The van der Waals surface area contributed by atoms with E-state index < -0.39 is 23.9 Å². The second-order valence-electron chi connectivity index (χ2n) is 4.43. The van der Waals surface area contributed by atoms with Gasteiger partial charge in [0.1, 0.15) is 11.6 Å². The molecule has 34 heavy (non-hydrogen) atoms. The average Bonchev–Trinajstić information content (AvgIpc) is 2.54. The lowest BCUT2D eigenvalue weighted by Crippen LogP contribution is -1.86. The van der Waals surface area contributed by atoms with E-state index in [1.165, 1.54) is 13.8 Å². The Balaban J connectivity index is -0.0000000241. The molecule has 0 aliphatic carbocycles. The van der Waals surface area contributed by atoms with Crippen molar-refractivity contribution < 1.29 is 79.3 Å². The molecule has 0 heterocycles. The summed E-state index contributed by atoms with van der Waals surface area (Å²) in [4.78, 5) is 88.1. The lowest BCUT2D eigenvalue weighted by molar-refractivity contribution is -0.193. The van der Waals surface area contributed by atoms with Gasteiger partial charge in [0, 0.05) is 33.6 Å². The third-order valence-corrected chi connectivity index (χ3v) is 0.800. The maximum atomic E-state index is 9.81. The molecule has 0 bridgehead atoms. The monoisotopic (exact) mass is 508 g/mol. The van der Waals surface area contributed by atoms with Crippen LogP contribution in [0.2, 0.25) is 0 Å². The summed E-state index contributed by atoms with van der Waals surface area (Å²) in [5.41, 5.74) is 0. The third-order valence-electron chi connectivity index (χ3n) is 0.800. The Kier molecular flexibility index (Phi) is 130. The summed E-state index contributed by atoms with van der Waals surface area (Å²) in [6.07, 6.45) is 1.39. The fourth-order valence-electron chi connectivity index (χ4n) is 0. The van der Waals surface area contributed by atoms with Gasteiger partial charge >= 0.3 is 18.3 Å². The van der Waals surface area contributed by atoms with Crippen molar-refractivity contribution in [1.82, 2.24) is 0 Å². The molecule has 0 aromatic carbocycles. The highest BCUT2D eigenvalue weighted by atomic mass is 16.4. The van der Waals surface area contributed by atoms with Gasteiger partial charge in [-0.15, -0.1) is 0 Å². The number of aliphatic carboxylic acids is 4. The van der Waals surface area contributed by atoms with Crippen LogP contribution in [-0.2, 0) is 47.9 Å². The van der Waals surface area contributed by atoms with Crippen LogP contribution in [0.25, 0.3) is 0 Å². The van der Waals surface area contributed by atoms with Crippen LogP contribution in [0.4, 0.5) is 0 Å². The number of carbonyl (C=O) groups is 6. The number of carboxylic acids is 4. The van der Waals surface area contributed by atoms with E-state index >= 15 is 0 Å². The standard InChI is InChI=1S/C4H8O.C3H6O2.C3H6O.3C2H4O2.2CO2.2H2O/c1-3-4(2)5;1-2-3(4)5;1-3(2)4;3*1-2(3)4;2*2-1-3;;/h3H2,1-2H3;2H2,1H3,(H,4,5);1-2H3;3*1H3,(H,3,4);;;2*1H2. The van der Waals surface area contributed by atoms with Gasteiger partial charge in [0.2, 0.25) is 0 Å². The zero-order valence-electron chi connectivity index (χ0n) is 20.3. The predicted molar refractivity (Wildman–Crippen MR) is 112 cm³/mol.